The summed E-state index contributed by atoms with van der Waals surface area (Å²) in [4.78, 5) is 23.8. The second-order valence-corrected chi connectivity index (χ2v) is 7.59. The monoisotopic (exact) mass is 426 g/mol. The van der Waals surface area contributed by atoms with Gasteiger partial charge in [0.05, 0.1) is 16.2 Å². The predicted octanol–water partition coefficient (Wildman–Crippen LogP) is 4.33. The van der Waals surface area contributed by atoms with Gasteiger partial charge in [-0.1, -0.05) is 17.3 Å². The molecular weight excluding hydrogens is 404 g/mol. The first-order valence-corrected chi connectivity index (χ1v) is 10.3. The number of non-ortho nitro benzene ring substituents is 1. The van der Waals surface area contributed by atoms with Crippen LogP contribution in [-0.4, -0.2) is 29.1 Å². The maximum atomic E-state index is 12.6. The highest BCUT2D eigenvalue weighted by Gasteiger charge is 2.14. The number of amides is 1. The molecule has 0 bridgehead atoms. The van der Waals surface area contributed by atoms with Gasteiger partial charge in [-0.15, -0.1) is 11.8 Å². The van der Waals surface area contributed by atoms with Crippen LogP contribution in [0.4, 0.5) is 11.4 Å². The Balaban J connectivity index is 1.52. The quantitative estimate of drug-likeness (QED) is 0.227. The van der Waals surface area contributed by atoms with Crippen molar-refractivity contribution >= 4 is 29.0 Å². The summed E-state index contributed by atoms with van der Waals surface area (Å²) in [6.45, 7) is 4.70. The first kappa shape index (κ1) is 21.4. The summed E-state index contributed by atoms with van der Waals surface area (Å²) >= 11 is 1.57. The summed E-state index contributed by atoms with van der Waals surface area (Å²) in [5.74, 6) is 1.31. The molecule has 0 saturated carbocycles. The van der Waals surface area contributed by atoms with E-state index in [1.54, 1.807) is 30.0 Å². The minimum absolute atomic E-state index is 0.0412. The number of nitrogens with zero attached hydrogens (tertiary/aromatic N) is 2. The average Bonchev–Trinajstić information content (AvgIpc) is 3.07. The van der Waals surface area contributed by atoms with Crippen molar-refractivity contribution in [2.45, 2.75) is 24.5 Å². The molecule has 1 aromatic heterocycles. The number of nitro benzene ring substituents is 1. The molecule has 0 radical (unpaired) electrons. The molecule has 0 unspecified atom stereocenters. The fourth-order valence-electron chi connectivity index (χ4n) is 2.82. The van der Waals surface area contributed by atoms with E-state index in [1.807, 2.05) is 32.0 Å². The van der Waals surface area contributed by atoms with Gasteiger partial charge < -0.3 is 15.2 Å². The number of benzene rings is 2. The van der Waals surface area contributed by atoms with Crippen LogP contribution in [0.25, 0.3) is 0 Å². The Morgan fingerprint density at radius 3 is 2.53 bits per heavy atom. The van der Waals surface area contributed by atoms with Gasteiger partial charge in [0.2, 0.25) is 0 Å². The van der Waals surface area contributed by atoms with Crippen LogP contribution in [0.2, 0.25) is 0 Å². The van der Waals surface area contributed by atoms with Crippen LogP contribution in [0.1, 0.15) is 27.4 Å². The summed E-state index contributed by atoms with van der Waals surface area (Å²) in [6, 6.07) is 13.6. The molecule has 3 aromatic rings. The van der Waals surface area contributed by atoms with E-state index < -0.39 is 4.92 Å². The van der Waals surface area contributed by atoms with Gasteiger partial charge in [0.1, 0.15) is 5.76 Å². The van der Waals surface area contributed by atoms with Crippen LogP contribution in [0, 0.1) is 24.0 Å². The molecule has 2 aromatic carbocycles. The van der Waals surface area contributed by atoms with Crippen LogP contribution in [0.3, 0.4) is 0 Å². The number of anilines is 1. The second kappa shape index (κ2) is 9.93. The topological polar surface area (TPSA) is 110 Å². The fraction of sp³-hybridized carbons (Fsp3) is 0.238. The standard InChI is InChI=1S/C21H22N4O4S/c1-14-19(15(2)29-24-14)13-30-20-6-4-3-5-18(20)21(26)23-12-11-22-16-7-9-17(10-8-16)25(27)28/h3-10,22H,11-13H2,1-2H3,(H,23,26). The molecule has 1 heterocycles. The Morgan fingerprint density at radius 1 is 1.13 bits per heavy atom. The molecule has 156 valence electrons. The van der Waals surface area contributed by atoms with E-state index in [0.29, 0.717) is 24.4 Å². The highest BCUT2D eigenvalue weighted by Crippen LogP contribution is 2.28. The molecule has 0 aliphatic heterocycles. The number of carbonyl (C=O) groups is 1. The molecule has 30 heavy (non-hydrogen) atoms. The van der Waals surface area contributed by atoms with E-state index >= 15 is 0 Å². The number of carbonyl (C=O) groups excluding carboxylic acids is 1. The van der Waals surface area contributed by atoms with Gasteiger partial charge in [-0.25, -0.2) is 0 Å². The summed E-state index contributed by atoms with van der Waals surface area (Å²) < 4.78 is 5.20. The Bertz CT molecular complexity index is 1010. The minimum Gasteiger partial charge on any atom is -0.383 e. The Morgan fingerprint density at radius 2 is 1.87 bits per heavy atom. The maximum Gasteiger partial charge on any atom is 0.269 e. The molecule has 0 aliphatic carbocycles. The number of thioether (sulfide) groups is 1. The summed E-state index contributed by atoms with van der Waals surface area (Å²) in [7, 11) is 0. The fourth-order valence-corrected chi connectivity index (χ4v) is 4.02. The average molecular weight is 426 g/mol. The summed E-state index contributed by atoms with van der Waals surface area (Å²) in [5.41, 5.74) is 3.32. The lowest BCUT2D eigenvalue weighted by atomic mass is 10.2. The zero-order valence-corrected chi connectivity index (χ0v) is 17.5. The van der Waals surface area contributed by atoms with Gasteiger partial charge in [-0.05, 0) is 38.1 Å². The number of aromatic nitrogens is 1. The summed E-state index contributed by atoms with van der Waals surface area (Å²) in [6.07, 6.45) is 0. The zero-order chi connectivity index (χ0) is 21.5. The zero-order valence-electron chi connectivity index (χ0n) is 16.7. The minimum atomic E-state index is -0.439. The number of hydrogen-bond acceptors (Lipinski definition) is 7. The summed E-state index contributed by atoms with van der Waals surface area (Å²) in [5, 5.41) is 20.7. The molecule has 3 rings (SSSR count). The molecule has 9 heteroatoms. The number of hydrogen-bond donors (Lipinski definition) is 2. The van der Waals surface area contributed by atoms with E-state index in [4.69, 9.17) is 4.52 Å². The van der Waals surface area contributed by atoms with Crippen molar-refractivity contribution in [3.8, 4) is 0 Å². The van der Waals surface area contributed by atoms with Crippen LogP contribution in [0.15, 0.2) is 57.9 Å². The normalized spacial score (nSPS) is 10.6. The molecule has 0 aliphatic rings. The van der Waals surface area contributed by atoms with Crippen LogP contribution < -0.4 is 10.6 Å². The van der Waals surface area contributed by atoms with Crippen LogP contribution in [0.5, 0.6) is 0 Å². The third kappa shape index (κ3) is 5.38. The second-order valence-electron chi connectivity index (χ2n) is 6.57. The Kier molecular flexibility index (Phi) is 7.08. The predicted molar refractivity (Wildman–Crippen MR) is 116 cm³/mol. The van der Waals surface area contributed by atoms with Crippen molar-refractivity contribution in [3.05, 3.63) is 81.2 Å². The SMILES string of the molecule is Cc1noc(C)c1CSc1ccccc1C(=O)NCCNc1ccc([N+](=O)[O-])cc1. The van der Waals surface area contributed by atoms with Gasteiger partial charge in [0, 0.05) is 47.1 Å². The van der Waals surface area contributed by atoms with Crippen molar-refractivity contribution in [2.24, 2.45) is 0 Å². The van der Waals surface area contributed by atoms with Gasteiger partial charge in [-0.3, -0.25) is 14.9 Å². The highest BCUT2D eigenvalue weighted by atomic mass is 32.2. The van der Waals surface area contributed by atoms with Crippen molar-refractivity contribution in [1.82, 2.24) is 10.5 Å². The molecule has 1 amide bonds. The van der Waals surface area contributed by atoms with E-state index in [0.717, 1.165) is 27.6 Å². The molecule has 0 saturated heterocycles. The Hall–Kier alpha value is -3.33. The van der Waals surface area contributed by atoms with E-state index in [1.165, 1.54) is 12.1 Å². The molecule has 2 N–H and O–H groups in total. The van der Waals surface area contributed by atoms with Gasteiger partial charge in [0.15, 0.2) is 0 Å². The van der Waals surface area contributed by atoms with Crippen molar-refractivity contribution in [1.29, 1.82) is 0 Å². The largest absolute Gasteiger partial charge is 0.383 e. The van der Waals surface area contributed by atoms with E-state index in [2.05, 4.69) is 15.8 Å². The third-order valence-corrected chi connectivity index (χ3v) is 5.60. The lowest BCUT2D eigenvalue weighted by Gasteiger charge is -2.11. The lowest BCUT2D eigenvalue weighted by molar-refractivity contribution is -0.384. The number of aryl methyl sites for hydroxylation is 2. The van der Waals surface area contributed by atoms with Crippen LogP contribution in [-0.2, 0) is 5.75 Å². The number of nitro groups is 1. The first-order valence-electron chi connectivity index (χ1n) is 9.36. The highest BCUT2D eigenvalue weighted by molar-refractivity contribution is 7.98. The molecule has 0 spiro atoms. The molecule has 8 nitrogen and oxygen atoms in total. The molecule has 0 atom stereocenters. The Labute approximate surface area is 178 Å². The third-order valence-electron chi connectivity index (χ3n) is 4.50. The van der Waals surface area contributed by atoms with Crippen molar-refractivity contribution in [2.75, 3.05) is 18.4 Å². The van der Waals surface area contributed by atoms with Gasteiger partial charge >= 0.3 is 0 Å². The maximum absolute atomic E-state index is 12.6. The number of nitrogens with one attached hydrogen (secondary N) is 2. The molecule has 0 fully saturated rings. The number of rotatable bonds is 9. The van der Waals surface area contributed by atoms with Gasteiger partial charge in [0.25, 0.3) is 11.6 Å². The lowest BCUT2D eigenvalue weighted by Crippen LogP contribution is -2.29. The van der Waals surface area contributed by atoms with E-state index in [9.17, 15) is 14.9 Å². The van der Waals surface area contributed by atoms with Crippen LogP contribution >= 0.6 is 11.8 Å². The van der Waals surface area contributed by atoms with Crippen molar-refractivity contribution < 1.29 is 14.2 Å². The smallest absolute Gasteiger partial charge is 0.269 e. The first-order chi connectivity index (χ1) is 14.5. The van der Waals surface area contributed by atoms with E-state index in [-0.39, 0.29) is 11.6 Å². The van der Waals surface area contributed by atoms with Crippen molar-refractivity contribution in [3.63, 3.8) is 0 Å². The molecular formula is C21H22N4O4S. The van der Waals surface area contributed by atoms with Gasteiger partial charge in [-0.2, -0.15) is 0 Å².